The Labute approximate surface area is 421 Å². The van der Waals surface area contributed by atoms with Crippen molar-refractivity contribution in [2.24, 2.45) is 0 Å². The second-order valence-electron chi connectivity index (χ2n) is 19.0. The van der Waals surface area contributed by atoms with Crippen LogP contribution in [0, 0.1) is 0 Å². The molecule has 0 bridgehead atoms. The van der Waals surface area contributed by atoms with Crippen LogP contribution in [0.25, 0.3) is 0 Å². The fourth-order valence-corrected chi connectivity index (χ4v) is 8.06. The normalized spacial score (nSPS) is 12.9. The van der Waals surface area contributed by atoms with E-state index >= 15 is 0 Å². The number of carbonyl (C=O) groups is 2. The summed E-state index contributed by atoms with van der Waals surface area (Å²) in [4.78, 5) is 24.5. The summed E-state index contributed by atoms with van der Waals surface area (Å²) in [6.07, 6.45) is 82.3. The van der Waals surface area contributed by atoms with E-state index in [0.717, 1.165) is 89.9 Å². The van der Waals surface area contributed by atoms with E-state index in [0.29, 0.717) is 12.8 Å². The minimum atomic E-state index is -0.785. The number of aliphatic hydroxyl groups excluding tert-OH is 1. The maximum Gasteiger partial charge on any atom is 0.306 e. The zero-order valence-electron chi connectivity index (χ0n) is 44.6. The number of unbranched alkanes of at least 4 members (excludes halogenated alkanes) is 28. The molecule has 1 atom stereocenters. The fraction of sp³-hybridized carbons (Fsp3) is 0.714. The van der Waals surface area contributed by atoms with Crippen molar-refractivity contribution in [2.45, 2.75) is 277 Å². The maximum absolute atomic E-state index is 12.3. The van der Waals surface area contributed by atoms with E-state index < -0.39 is 6.10 Å². The Balaban J connectivity index is 3.54. The van der Waals surface area contributed by atoms with Crippen LogP contribution in [0.15, 0.2) is 97.2 Å². The molecule has 1 N–H and O–H groups in total. The smallest absolute Gasteiger partial charge is 0.306 e. The SMILES string of the molecule is CC/C=C\C/C=C\C/C=C\C/C=C\C/C=C\C/C=C\C/C=C\CCCCCCCCCC(=O)OC(CO)COC(=O)CCCCCCCCCCCCCCC/C=C\CCCCCCCCCC. The van der Waals surface area contributed by atoms with Gasteiger partial charge in [-0.05, 0) is 96.3 Å². The zero-order chi connectivity index (χ0) is 49.2. The van der Waals surface area contributed by atoms with Crippen molar-refractivity contribution in [1.29, 1.82) is 0 Å². The van der Waals surface area contributed by atoms with Crippen molar-refractivity contribution in [3.05, 3.63) is 97.2 Å². The Morgan fingerprint density at radius 1 is 0.353 bits per heavy atom. The lowest BCUT2D eigenvalue weighted by molar-refractivity contribution is -0.161. The van der Waals surface area contributed by atoms with Gasteiger partial charge in [0.05, 0.1) is 6.61 Å². The van der Waals surface area contributed by atoms with Crippen LogP contribution in [0.5, 0.6) is 0 Å². The first-order valence-corrected chi connectivity index (χ1v) is 28.8. The molecule has 0 aliphatic rings. The summed E-state index contributed by atoms with van der Waals surface area (Å²) < 4.78 is 10.7. The second-order valence-corrected chi connectivity index (χ2v) is 19.0. The lowest BCUT2D eigenvalue weighted by atomic mass is 10.0. The number of aliphatic hydroxyl groups is 1. The molecule has 0 aliphatic carbocycles. The monoisotopic (exact) mass is 945 g/mol. The van der Waals surface area contributed by atoms with Crippen LogP contribution in [0.2, 0.25) is 0 Å². The van der Waals surface area contributed by atoms with Gasteiger partial charge in [-0.2, -0.15) is 0 Å². The molecule has 0 saturated heterocycles. The largest absolute Gasteiger partial charge is 0.462 e. The summed E-state index contributed by atoms with van der Waals surface area (Å²) in [7, 11) is 0. The maximum atomic E-state index is 12.3. The molecule has 0 heterocycles. The first-order valence-electron chi connectivity index (χ1n) is 28.8. The van der Waals surface area contributed by atoms with E-state index in [9.17, 15) is 14.7 Å². The third-order valence-corrected chi connectivity index (χ3v) is 12.4. The molecule has 68 heavy (non-hydrogen) atoms. The average Bonchev–Trinajstić information content (AvgIpc) is 3.34. The van der Waals surface area contributed by atoms with Gasteiger partial charge in [-0.3, -0.25) is 9.59 Å². The summed E-state index contributed by atoms with van der Waals surface area (Å²) in [5.74, 6) is -0.601. The van der Waals surface area contributed by atoms with Gasteiger partial charge in [0.15, 0.2) is 6.10 Å². The third kappa shape index (κ3) is 55.4. The lowest BCUT2D eigenvalue weighted by Crippen LogP contribution is -2.28. The Morgan fingerprint density at radius 3 is 0.971 bits per heavy atom. The van der Waals surface area contributed by atoms with Crippen molar-refractivity contribution in [2.75, 3.05) is 13.2 Å². The highest BCUT2D eigenvalue weighted by atomic mass is 16.6. The molecular weight excluding hydrogens is 837 g/mol. The number of hydrogen-bond acceptors (Lipinski definition) is 5. The molecule has 390 valence electrons. The van der Waals surface area contributed by atoms with Crippen LogP contribution < -0.4 is 0 Å². The van der Waals surface area contributed by atoms with Crippen LogP contribution in [-0.2, 0) is 19.1 Å². The van der Waals surface area contributed by atoms with Gasteiger partial charge < -0.3 is 14.6 Å². The van der Waals surface area contributed by atoms with E-state index in [1.54, 1.807) is 0 Å². The van der Waals surface area contributed by atoms with Crippen LogP contribution >= 0.6 is 0 Å². The summed E-state index contributed by atoms with van der Waals surface area (Å²) >= 11 is 0. The van der Waals surface area contributed by atoms with E-state index in [-0.39, 0.29) is 25.2 Å². The third-order valence-electron chi connectivity index (χ3n) is 12.4. The van der Waals surface area contributed by atoms with Crippen molar-refractivity contribution in [1.82, 2.24) is 0 Å². The molecule has 1 unspecified atom stereocenters. The summed E-state index contributed by atoms with van der Waals surface area (Å²) in [6, 6.07) is 0. The standard InChI is InChI=1S/C63H108O5/c1-3-5-7-9-11-13-15-17-19-21-23-25-27-29-30-31-32-34-36-38-40-42-44-46-48-50-52-54-56-58-63(66)68-61(59-64)60-67-62(65)57-55-53-51-49-47-45-43-41-39-37-35-33-28-26-24-22-20-18-16-14-12-10-8-6-4-2/h5,7,11,13,17,19,22-25,29-30,32,34,38,40,61,64H,3-4,6,8-10,12,14-16,18,20-21,26-28,31,33,35-37,39,41-60H2,1-2H3/b7-5-,13-11-,19-17-,24-22-,25-23-,30-29-,34-32-,40-38-. The predicted octanol–water partition coefficient (Wildman–Crippen LogP) is 19.5. The van der Waals surface area contributed by atoms with Gasteiger partial charge in [0.25, 0.3) is 0 Å². The Kier molecular flexibility index (Phi) is 55.4. The molecule has 0 spiro atoms. The van der Waals surface area contributed by atoms with Crippen molar-refractivity contribution < 1.29 is 24.2 Å². The predicted molar refractivity (Wildman–Crippen MR) is 297 cm³/mol. The van der Waals surface area contributed by atoms with Crippen LogP contribution in [0.1, 0.15) is 271 Å². The number of esters is 2. The number of ether oxygens (including phenoxy) is 2. The number of rotatable bonds is 52. The highest BCUT2D eigenvalue weighted by molar-refractivity contribution is 5.70. The van der Waals surface area contributed by atoms with Crippen molar-refractivity contribution in [3.8, 4) is 0 Å². The topological polar surface area (TPSA) is 72.8 Å². The van der Waals surface area contributed by atoms with E-state index in [1.807, 2.05) is 0 Å². The summed E-state index contributed by atoms with van der Waals surface area (Å²) in [5.41, 5.74) is 0. The molecule has 5 heteroatoms. The number of carbonyl (C=O) groups excluding carboxylic acids is 2. The minimum absolute atomic E-state index is 0.0739. The molecule has 0 radical (unpaired) electrons. The van der Waals surface area contributed by atoms with Gasteiger partial charge in [-0.1, -0.05) is 259 Å². The Morgan fingerprint density at radius 2 is 0.632 bits per heavy atom. The van der Waals surface area contributed by atoms with Crippen LogP contribution in [-0.4, -0.2) is 36.4 Å². The van der Waals surface area contributed by atoms with Gasteiger partial charge >= 0.3 is 11.9 Å². The molecule has 0 aromatic carbocycles. The van der Waals surface area contributed by atoms with E-state index in [4.69, 9.17) is 9.47 Å². The molecule has 0 aromatic heterocycles. The summed E-state index contributed by atoms with van der Waals surface area (Å²) in [5, 5.41) is 9.66. The van der Waals surface area contributed by atoms with Gasteiger partial charge in [0.2, 0.25) is 0 Å². The van der Waals surface area contributed by atoms with Gasteiger partial charge in [0.1, 0.15) is 6.61 Å². The minimum Gasteiger partial charge on any atom is -0.462 e. The first kappa shape index (κ1) is 64.8. The van der Waals surface area contributed by atoms with Crippen LogP contribution in [0.4, 0.5) is 0 Å². The van der Waals surface area contributed by atoms with Gasteiger partial charge in [-0.15, -0.1) is 0 Å². The molecule has 0 rings (SSSR count). The lowest BCUT2D eigenvalue weighted by Gasteiger charge is -2.15. The average molecular weight is 946 g/mol. The van der Waals surface area contributed by atoms with E-state index in [2.05, 4.69) is 111 Å². The first-order chi connectivity index (χ1) is 33.6. The molecule has 0 fully saturated rings. The van der Waals surface area contributed by atoms with Crippen molar-refractivity contribution >= 4 is 11.9 Å². The fourth-order valence-electron chi connectivity index (χ4n) is 8.06. The Bertz CT molecular complexity index is 1300. The summed E-state index contributed by atoms with van der Waals surface area (Å²) in [6.45, 7) is 4.04. The molecular formula is C63H108O5. The number of allylic oxidation sites excluding steroid dienone is 16. The molecule has 0 aliphatic heterocycles. The molecule has 0 aromatic rings. The second kappa shape index (κ2) is 58.1. The molecule has 0 saturated carbocycles. The van der Waals surface area contributed by atoms with E-state index in [1.165, 1.54) is 154 Å². The quantitative estimate of drug-likeness (QED) is 0.0374. The van der Waals surface area contributed by atoms with Crippen LogP contribution in [0.3, 0.4) is 0 Å². The zero-order valence-corrected chi connectivity index (χ0v) is 44.6. The highest BCUT2D eigenvalue weighted by Gasteiger charge is 2.16. The Hall–Kier alpha value is -3.18. The van der Waals surface area contributed by atoms with Gasteiger partial charge in [-0.25, -0.2) is 0 Å². The molecule has 0 amide bonds. The highest BCUT2D eigenvalue weighted by Crippen LogP contribution is 2.16. The molecule has 5 nitrogen and oxygen atoms in total. The van der Waals surface area contributed by atoms with Gasteiger partial charge in [0, 0.05) is 12.8 Å². The number of hydrogen-bond donors (Lipinski definition) is 1. The van der Waals surface area contributed by atoms with Crippen molar-refractivity contribution in [3.63, 3.8) is 0 Å².